The van der Waals surface area contributed by atoms with E-state index in [0.717, 1.165) is 10.8 Å². The molecule has 110 valence electrons. The van der Waals surface area contributed by atoms with E-state index in [0.29, 0.717) is 11.1 Å². The predicted molar refractivity (Wildman–Crippen MR) is 84.6 cm³/mol. The molecule has 1 heterocycles. The predicted octanol–water partition coefficient (Wildman–Crippen LogP) is 0.164. The van der Waals surface area contributed by atoms with Crippen molar-refractivity contribution in [3.8, 4) is 0 Å². The Labute approximate surface area is 130 Å². The van der Waals surface area contributed by atoms with Gasteiger partial charge in [-0.25, -0.2) is 0 Å². The first-order chi connectivity index (χ1) is 9.44. The summed E-state index contributed by atoms with van der Waals surface area (Å²) >= 11 is 9.16. The van der Waals surface area contributed by atoms with E-state index in [1.165, 1.54) is 0 Å². The number of benzene rings is 1. The lowest BCUT2D eigenvalue weighted by molar-refractivity contribution is -0.204. The van der Waals surface area contributed by atoms with Crippen LogP contribution in [-0.4, -0.2) is 45.2 Å². The molecule has 0 bridgehead atoms. The third kappa shape index (κ3) is 2.57. The molecule has 4 atom stereocenters. The summed E-state index contributed by atoms with van der Waals surface area (Å²) in [5, 5.41) is 29.8. The molecule has 1 aromatic rings. The molecule has 5 N–H and O–H groups in total. The average Bonchev–Trinajstić information content (AvgIpc) is 2.46. The van der Waals surface area contributed by atoms with Crippen LogP contribution >= 0.6 is 34.7 Å². The van der Waals surface area contributed by atoms with Crippen LogP contribution in [0.3, 0.4) is 0 Å². The van der Waals surface area contributed by atoms with Crippen molar-refractivity contribution in [3.05, 3.63) is 35.4 Å². The zero-order chi connectivity index (χ0) is 14.9. The Kier molecular flexibility index (Phi) is 4.96. The van der Waals surface area contributed by atoms with E-state index in [-0.39, 0.29) is 11.6 Å². The van der Waals surface area contributed by atoms with Gasteiger partial charge in [0.15, 0.2) is 4.93 Å². The molecule has 1 fully saturated rings. The average molecular weight is 333 g/mol. The molecule has 0 unspecified atom stereocenters. The Balaban J connectivity index is 2.54. The standard InChI is InChI=1S/C12H15NO4S3/c13-11(18)6-3-1-2-4-7(6)12(20-19)10(16)9(15)8(14)5-17-12/h1-4,8-10,14-16,19H,5H2,(H2,13,18)/t8-,9-,10+,12-/m1/s1. The minimum absolute atomic E-state index is 0.128. The van der Waals surface area contributed by atoms with Gasteiger partial charge in [0, 0.05) is 11.1 Å². The van der Waals surface area contributed by atoms with Crippen molar-refractivity contribution in [2.75, 3.05) is 6.61 Å². The van der Waals surface area contributed by atoms with Crippen molar-refractivity contribution in [3.63, 3.8) is 0 Å². The van der Waals surface area contributed by atoms with Gasteiger partial charge in [-0.1, -0.05) is 47.3 Å². The van der Waals surface area contributed by atoms with Crippen molar-refractivity contribution in [1.82, 2.24) is 0 Å². The van der Waals surface area contributed by atoms with Crippen molar-refractivity contribution in [2.45, 2.75) is 23.2 Å². The van der Waals surface area contributed by atoms with E-state index in [9.17, 15) is 15.3 Å². The molecule has 0 radical (unpaired) electrons. The number of hydrogen-bond acceptors (Lipinski definition) is 7. The van der Waals surface area contributed by atoms with E-state index in [2.05, 4.69) is 11.7 Å². The van der Waals surface area contributed by atoms with Gasteiger partial charge < -0.3 is 25.8 Å². The molecule has 1 aliphatic heterocycles. The van der Waals surface area contributed by atoms with Crippen LogP contribution in [0.15, 0.2) is 24.3 Å². The summed E-state index contributed by atoms with van der Waals surface area (Å²) < 4.78 is 5.60. The highest BCUT2D eigenvalue weighted by Gasteiger charge is 2.51. The van der Waals surface area contributed by atoms with Crippen molar-refractivity contribution < 1.29 is 20.1 Å². The van der Waals surface area contributed by atoms with Crippen LogP contribution in [0, 0.1) is 0 Å². The number of nitrogens with two attached hydrogens (primary N) is 1. The van der Waals surface area contributed by atoms with Crippen molar-refractivity contribution in [1.29, 1.82) is 0 Å². The second-order valence-corrected chi connectivity index (χ2v) is 6.26. The lowest BCUT2D eigenvalue weighted by atomic mass is 9.91. The quantitative estimate of drug-likeness (QED) is 0.306. The van der Waals surface area contributed by atoms with Crippen LogP contribution in [0.4, 0.5) is 0 Å². The van der Waals surface area contributed by atoms with Crippen LogP contribution in [-0.2, 0) is 9.67 Å². The van der Waals surface area contributed by atoms with Gasteiger partial charge >= 0.3 is 0 Å². The molecule has 20 heavy (non-hydrogen) atoms. The van der Waals surface area contributed by atoms with E-state index in [4.69, 9.17) is 22.7 Å². The third-order valence-corrected chi connectivity index (χ3v) is 5.16. The first-order valence-electron chi connectivity index (χ1n) is 5.84. The SMILES string of the molecule is NC(=S)c1ccccc1[C@]1(SS)OC[C@@H](O)[C@@H](O)[C@@H]1O. The molecule has 1 aromatic carbocycles. The first-order valence-corrected chi connectivity index (χ1v) is 8.11. The molecule has 0 amide bonds. The summed E-state index contributed by atoms with van der Waals surface area (Å²) in [6.07, 6.45) is -3.87. The molecule has 8 heteroatoms. The molecule has 1 aliphatic rings. The number of aliphatic hydroxyl groups is 3. The van der Waals surface area contributed by atoms with E-state index in [1.807, 2.05) is 0 Å². The molecule has 2 rings (SSSR count). The number of thiocarbonyl (C=S) groups is 1. The number of ether oxygens (including phenoxy) is 1. The fraction of sp³-hybridized carbons (Fsp3) is 0.417. The summed E-state index contributed by atoms with van der Waals surface area (Å²) in [5.74, 6) is 0. The van der Waals surface area contributed by atoms with Gasteiger partial charge in [0.25, 0.3) is 0 Å². The largest absolute Gasteiger partial charge is 0.389 e. The minimum atomic E-state index is -1.37. The molecule has 0 spiro atoms. The van der Waals surface area contributed by atoms with E-state index >= 15 is 0 Å². The summed E-state index contributed by atoms with van der Waals surface area (Å²) in [6, 6.07) is 6.91. The highest BCUT2D eigenvalue weighted by Crippen LogP contribution is 2.47. The normalized spacial score (nSPS) is 33.9. The topological polar surface area (TPSA) is 95.9 Å². The number of aliphatic hydroxyl groups excluding tert-OH is 3. The van der Waals surface area contributed by atoms with Gasteiger partial charge in [-0.15, -0.1) is 11.7 Å². The van der Waals surface area contributed by atoms with Crippen molar-refractivity contribution in [2.24, 2.45) is 5.73 Å². The molecular weight excluding hydrogens is 318 g/mol. The maximum Gasteiger partial charge on any atom is 0.177 e. The monoisotopic (exact) mass is 333 g/mol. The second-order valence-electron chi connectivity index (χ2n) is 4.48. The van der Waals surface area contributed by atoms with Gasteiger partial charge in [-0.05, 0) is 0 Å². The lowest BCUT2D eigenvalue weighted by Gasteiger charge is -2.44. The summed E-state index contributed by atoms with van der Waals surface area (Å²) in [5.41, 5.74) is 6.74. The maximum atomic E-state index is 10.3. The Bertz CT molecular complexity index is 515. The summed E-state index contributed by atoms with van der Waals surface area (Å²) in [6.45, 7) is -0.128. The van der Waals surface area contributed by atoms with Gasteiger partial charge in [-0.3, -0.25) is 0 Å². The van der Waals surface area contributed by atoms with Gasteiger partial charge in [0.05, 0.1) is 6.61 Å². The highest BCUT2D eigenvalue weighted by atomic mass is 33.1. The van der Waals surface area contributed by atoms with E-state index < -0.39 is 23.2 Å². The molecule has 0 saturated carbocycles. The zero-order valence-corrected chi connectivity index (χ0v) is 12.9. The smallest absolute Gasteiger partial charge is 0.177 e. The molecule has 1 saturated heterocycles. The van der Waals surface area contributed by atoms with Gasteiger partial charge in [0.2, 0.25) is 0 Å². The fourth-order valence-corrected chi connectivity index (χ4v) is 3.80. The Morgan fingerprint density at radius 2 is 2.05 bits per heavy atom. The first kappa shape index (κ1) is 16.0. The Morgan fingerprint density at radius 3 is 2.65 bits per heavy atom. The Morgan fingerprint density at radius 1 is 1.40 bits per heavy atom. The molecule has 5 nitrogen and oxygen atoms in total. The summed E-state index contributed by atoms with van der Waals surface area (Å²) in [7, 11) is 0.928. The second kappa shape index (κ2) is 6.18. The molecular formula is C12H15NO4S3. The maximum absolute atomic E-state index is 10.3. The fourth-order valence-electron chi connectivity index (χ4n) is 2.20. The highest BCUT2D eigenvalue weighted by molar-refractivity contribution is 8.68. The van der Waals surface area contributed by atoms with Crippen LogP contribution in [0.1, 0.15) is 11.1 Å². The zero-order valence-electron chi connectivity index (χ0n) is 10.3. The number of rotatable bonds is 3. The molecule has 0 aromatic heterocycles. The number of thiol groups is 1. The van der Waals surface area contributed by atoms with Crippen molar-refractivity contribution >= 4 is 39.7 Å². The van der Waals surface area contributed by atoms with Crippen LogP contribution < -0.4 is 5.73 Å². The molecule has 0 aliphatic carbocycles. The van der Waals surface area contributed by atoms with Gasteiger partial charge in [0.1, 0.15) is 23.3 Å². The van der Waals surface area contributed by atoms with Crippen LogP contribution in [0.2, 0.25) is 0 Å². The van der Waals surface area contributed by atoms with Crippen LogP contribution in [0.25, 0.3) is 0 Å². The Hall–Kier alpha value is -0.350. The lowest BCUT2D eigenvalue weighted by Crippen LogP contribution is -2.57. The summed E-state index contributed by atoms with van der Waals surface area (Å²) in [4.78, 5) is -1.19. The van der Waals surface area contributed by atoms with Crippen LogP contribution in [0.5, 0.6) is 0 Å². The van der Waals surface area contributed by atoms with E-state index in [1.54, 1.807) is 24.3 Å². The number of hydrogen-bond donors (Lipinski definition) is 5. The minimum Gasteiger partial charge on any atom is -0.389 e. The third-order valence-electron chi connectivity index (χ3n) is 3.28. The van der Waals surface area contributed by atoms with Gasteiger partial charge in [-0.2, -0.15) is 0 Å².